The molecule has 0 saturated carbocycles. The number of rotatable bonds is 6. The Morgan fingerprint density at radius 3 is 2.65 bits per heavy atom. The van der Waals surface area contributed by atoms with Gasteiger partial charge in [0.2, 0.25) is 0 Å². The van der Waals surface area contributed by atoms with E-state index in [1.54, 1.807) is 40.5 Å². The van der Waals surface area contributed by atoms with Gasteiger partial charge in [0, 0.05) is 31.7 Å². The van der Waals surface area contributed by atoms with E-state index in [0.29, 0.717) is 17.7 Å². The van der Waals surface area contributed by atoms with Gasteiger partial charge in [-0.1, -0.05) is 23.5 Å². The first kappa shape index (κ1) is 23.2. The van der Waals surface area contributed by atoms with Crippen molar-refractivity contribution in [1.29, 1.82) is 5.26 Å². The molecule has 1 aliphatic heterocycles. The summed E-state index contributed by atoms with van der Waals surface area (Å²) in [6, 6.07) is 15.0. The molecular weight excluding hydrogens is 432 g/mol. The third-order valence-corrected chi connectivity index (χ3v) is 6.35. The second kappa shape index (κ2) is 10.7. The number of benzene rings is 2. The molecule has 1 saturated heterocycles. The summed E-state index contributed by atoms with van der Waals surface area (Å²) in [5, 5.41) is 9.75. The zero-order valence-corrected chi connectivity index (χ0v) is 19.0. The Kier molecular flexibility index (Phi) is 7.99. The van der Waals surface area contributed by atoms with Crippen molar-refractivity contribution in [2.45, 2.75) is 13.3 Å². The van der Waals surface area contributed by atoms with E-state index in [4.69, 9.17) is 15.0 Å². The molecule has 1 aliphatic rings. The number of halogens is 1. The molecular formula is C23H25ClN4O2S. The molecule has 0 N–H and O–H groups in total. The molecule has 2 aromatic carbocycles. The van der Waals surface area contributed by atoms with E-state index in [-0.39, 0.29) is 18.3 Å². The maximum atomic E-state index is 13.4. The summed E-state index contributed by atoms with van der Waals surface area (Å²) >= 11 is 1.54. The molecule has 6 nitrogen and oxygen atoms in total. The first-order valence-corrected chi connectivity index (χ1v) is 11.0. The lowest BCUT2D eigenvalue weighted by Crippen LogP contribution is -2.39. The maximum absolute atomic E-state index is 13.4. The number of hydrogen-bond donors (Lipinski definition) is 0. The van der Waals surface area contributed by atoms with Gasteiger partial charge in [-0.15, -0.1) is 12.4 Å². The summed E-state index contributed by atoms with van der Waals surface area (Å²) in [7, 11) is 0. The van der Waals surface area contributed by atoms with E-state index >= 15 is 0 Å². The Labute approximate surface area is 192 Å². The van der Waals surface area contributed by atoms with Crippen LogP contribution in [0.4, 0.5) is 5.13 Å². The van der Waals surface area contributed by atoms with Gasteiger partial charge in [-0.2, -0.15) is 5.26 Å². The fourth-order valence-corrected chi connectivity index (χ4v) is 4.66. The monoisotopic (exact) mass is 456 g/mol. The molecule has 31 heavy (non-hydrogen) atoms. The van der Waals surface area contributed by atoms with Gasteiger partial charge in [0.25, 0.3) is 5.91 Å². The summed E-state index contributed by atoms with van der Waals surface area (Å²) < 4.78 is 6.50. The van der Waals surface area contributed by atoms with Crippen molar-refractivity contribution in [1.82, 2.24) is 9.88 Å². The standard InChI is InChI=1S/C23H24N4O2S.ClH/c1-17-4-2-5-20-21(17)25-23(30-20)27(11-3-10-26-12-14-29-15-13-26)22(28)19-8-6-18(16-24)7-9-19;/h2,4-9H,3,10-15H2,1H3;1H. The summed E-state index contributed by atoms with van der Waals surface area (Å²) in [6.07, 6.45) is 0.858. The first-order chi connectivity index (χ1) is 14.7. The van der Waals surface area contributed by atoms with E-state index < -0.39 is 0 Å². The number of aromatic nitrogens is 1. The Hall–Kier alpha value is -2.50. The molecule has 0 atom stereocenters. The van der Waals surface area contributed by atoms with Gasteiger partial charge in [-0.05, 0) is 49.2 Å². The van der Waals surface area contributed by atoms with Crippen LogP contribution in [0.3, 0.4) is 0 Å². The highest BCUT2D eigenvalue weighted by Gasteiger charge is 2.22. The number of nitriles is 1. The number of thiazole rings is 1. The highest BCUT2D eigenvalue weighted by Crippen LogP contribution is 2.31. The Balaban J connectivity index is 0.00000272. The van der Waals surface area contributed by atoms with Gasteiger partial charge >= 0.3 is 0 Å². The van der Waals surface area contributed by atoms with Crippen LogP contribution < -0.4 is 4.90 Å². The van der Waals surface area contributed by atoms with Crippen molar-refractivity contribution in [2.24, 2.45) is 0 Å². The van der Waals surface area contributed by atoms with Crippen molar-refractivity contribution in [2.75, 3.05) is 44.3 Å². The molecule has 0 bridgehead atoms. The third kappa shape index (κ3) is 5.41. The topological polar surface area (TPSA) is 69.5 Å². The van der Waals surface area contributed by atoms with E-state index in [0.717, 1.165) is 60.2 Å². The van der Waals surface area contributed by atoms with Crippen LogP contribution in [0.25, 0.3) is 10.2 Å². The van der Waals surface area contributed by atoms with Crippen molar-refractivity contribution < 1.29 is 9.53 Å². The second-order valence-electron chi connectivity index (χ2n) is 7.37. The van der Waals surface area contributed by atoms with Crippen LogP contribution in [0.5, 0.6) is 0 Å². The number of carbonyl (C=O) groups is 1. The quantitative estimate of drug-likeness (QED) is 0.554. The van der Waals surface area contributed by atoms with Crippen LogP contribution in [0.15, 0.2) is 42.5 Å². The van der Waals surface area contributed by atoms with Gasteiger partial charge in [0.15, 0.2) is 5.13 Å². The van der Waals surface area contributed by atoms with Crippen LogP contribution >= 0.6 is 23.7 Å². The Morgan fingerprint density at radius 2 is 1.97 bits per heavy atom. The molecule has 0 radical (unpaired) electrons. The molecule has 0 unspecified atom stereocenters. The lowest BCUT2D eigenvalue weighted by Gasteiger charge is -2.27. The summed E-state index contributed by atoms with van der Waals surface area (Å²) in [5.74, 6) is -0.0850. The SMILES string of the molecule is Cc1cccc2sc(N(CCCN3CCOCC3)C(=O)c3ccc(C#N)cc3)nc12.Cl. The minimum atomic E-state index is -0.0850. The fourth-order valence-electron chi connectivity index (χ4n) is 3.59. The molecule has 8 heteroatoms. The molecule has 1 aromatic heterocycles. The average Bonchev–Trinajstić information content (AvgIpc) is 3.22. The minimum Gasteiger partial charge on any atom is -0.379 e. The molecule has 0 aliphatic carbocycles. The lowest BCUT2D eigenvalue weighted by molar-refractivity contribution is 0.0376. The van der Waals surface area contributed by atoms with Gasteiger partial charge < -0.3 is 4.74 Å². The lowest BCUT2D eigenvalue weighted by atomic mass is 10.1. The summed E-state index contributed by atoms with van der Waals surface area (Å²) in [4.78, 5) is 22.3. The van der Waals surface area contributed by atoms with Gasteiger partial charge in [-0.3, -0.25) is 14.6 Å². The highest BCUT2D eigenvalue weighted by molar-refractivity contribution is 7.22. The van der Waals surface area contributed by atoms with Crippen LogP contribution in [0, 0.1) is 18.3 Å². The predicted octanol–water partition coefficient (Wildman–Crippen LogP) is 4.27. The highest BCUT2D eigenvalue weighted by atomic mass is 35.5. The first-order valence-electron chi connectivity index (χ1n) is 10.1. The largest absolute Gasteiger partial charge is 0.379 e. The third-order valence-electron chi connectivity index (χ3n) is 5.31. The van der Waals surface area contributed by atoms with E-state index in [9.17, 15) is 4.79 Å². The number of fused-ring (bicyclic) bond motifs is 1. The summed E-state index contributed by atoms with van der Waals surface area (Å²) in [5.41, 5.74) is 3.16. The number of carbonyl (C=O) groups excluding carboxylic acids is 1. The van der Waals surface area contributed by atoms with Crippen LogP contribution in [0.1, 0.15) is 27.9 Å². The van der Waals surface area contributed by atoms with Crippen molar-refractivity contribution in [3.05, 3.63) is 59.2 Å². The van der Waals surface area contributed by atoms with Gasteiger partial charge in [0.1, 0.15) is 0 Å². The van der Waals surface area contributed by atoms with Crippen molar-refractivity contribution in [3.63, 3.8) is 0 Å². The number of nitrogens with zero attached hydrogens (tertiary/aromatic N) is 4. The van der Waals surface area contributed by atoms with Gasteiger partial charge in [0.05, 0.1) is 35.1 Å². The molecule has 4 rings (SSSR count). The molecule has 0 spiro atoms. The Bertz CT molecular complexity index is 1070. The molecule has 2 heterocycles. The fraction of sp³-hybridized carbons (Fsp3) is 0.348. The van der Waals surface area contributed by atoms with E-state index in [1.165, 1.54) is 0 Å². The molecule has 1 fully saturated rings. The Morgan fingerprint density at radius 1 is 1.23 bits per heavy atom. The second-order valence-corrected chi connectivity index (χ2v) is 8.38. The molecule has 3 aromatic rings. The zero-order valence-electron chi connectivity index (χ0n) is 17.4. The van der Waals surface area contributed by atoms with Crippen LogP contribution in [-0.4, -0.2) is 55.2 Å². The van der Waals surface area contributed by atoms with E-state index in [1.807, 2.05) is 25.1 Å². The number of hydrogen-bond acceptors (Lipinski definition) is 6. The average molecular weight is 457 g/mol. The summed E-state index contributed by atoms with van der Waals surface area (Å²) in [6.45, 7) is 6.96. The normalized spacial score (nSPS) is 14.1. The number of aryl methyl sites for hydroxylation is 1. The number of ether oxygens (including phenoxy) is 1. The van der Waals surface area contributed by atoms with E-state index in [2.05, 4.69) is 11.0 Å². The molecule has 1 amide bonds. The van der Waals surface area contributed by atoms with Crippen LogP contribution in [-0.2, 0) is 4.74 Å². The van der Waals surface area contributed by atoms with Crippen LogP contribution in [0.2, 0.25) is 0 Å². The number of para-hydroxylation sites is 1. The number of amides is 1. The minimum absolute atomic E-state index is 0. The number of anilines is 1. The van der Waals surface area contributed by atoms with Crippen molar-refractivity contribution >= 4 is 45.0 Å². The number of morpholine rings is 1. The molecule has 162 valence electrons. The van der Waals surface area contributed by atoms with Crippen molar-refractivity contribution in [3.8, 4) is 6.07 Å². The predicted molar refractivity (Wildman–Crippen MR) is 126 cm³/mol. The zero-order chi connectivity index (χ0) is 20.9. The smallest absolute Gasteiger partial charge is 0.260 e. The van der Waals surface area contributed by atoms with Gasteiger partial charge in [-0.25, -0.2) is 4.98 Å². The maximum Gasteiger partial charge on any atom is 0.260 e.